The topological polar surface area (TPSA) is 147 Å². The molecule has 12 heteroatoms. The maximum absolute atomic E-state index is 13.5. The Labute approximate surface area is 257 Å². The van der Waals surface area contributed by atoms with E-state index in [9.17, 15) is 25.2 Å². The van der Waals surface area contributed by atoms with E-state index < -0.39 is 82.4 Å². The molecule has 0 amide bonds. The lowest BCUT2D eigenvalue weighted by molar-refractivity contribution is -0.318. The maximum Gasteiger partial charge on any atom is 0.338 e. The fourth-order valence-electron chi connectivity index (χ4n) is 11.8. The number of aliphatic hydroxyl groups is 4. The largest absolute Gasteiger partial charge is 0.455 e. The Morgan fingerprint density at radius 2 is 1.70 bits per heavy atom. The minimum Gasteiger partial charge on any atom is -0.455 e. The van der Waals surface area contributed by atoms with Crippen LogP contribution in [0.3, 0.4) is 0 Å². The highest BCUT2D eigenvalue weighted by atomic mass is 35.5. The van der Waals surface area contributed by atoms with Crippen LogP contribution in [-0.4, -0.2) is 134 Å². The quantitative estimate of drug-likeness (QED) is 0.306. The molecule has 7 rings (SSSR count). The average molecular weight is 626 g/mol. The number of carbonyl (C=O) groups is 1. The van der Waals surface area contributed by atoms with Crippen molar-refractivity contribution in [1.82, 2.24) is 4.90 Å². The fourth-order valence-corrected chi connectivity index (χ4v) is 11.8. The molecule has 15 atom stereocenters. The first-order valence-electron chi connectivity index (χ1n) is 14.9. The molecule has 5 aliphatic carbocycles. The van der Waals surface area contributed by atoms with Crippen LogP contribution in [0.5, 0.6) is 0 Å². The molecular weight excluding hydrogens is 582 g/mol. The minimum atomic E-state index is -1.86. The van der Waals surface area contributed by atoms with Crippen LogP contribution in [-0.2, 0) is 23.7 Å². The van der Waals surface area contributed by atoms with Gasteiger partial charge in [0.05, 0.1) is 30.5 Å². The monoisotopic (exact) mass is 625 g/mol. The summed E-state index contributed by atoms with van der Waals surface area (Å²) in [5.41, 5.74) is -4.81. The van der Waals surface area contributed by atoms with Crippen molar-refractivity contribution in [3.05, 3.63) is 35.9 Å². The number of methoxy groups -OCH3 is 4. The second kappa shape index (κ2) is 10.3. The first kappa shape index (κ1) is 31.6. The Kier molecular flexibility index (Phi) is 7.58. The number of fused-ring (bicyclic) bond motifs is 2. The van der Waals surface area contributed by atoms with Gasteiger partial charge in [-0.15, -0.1) is 12.4 Å². The fraction of sp³-hybridized carbons (Fsp3) is 0.774. The first-order chi connectivity index (χ1) is 20.0. The zero-order valence-corrected chi connectivity index (χ0v) is 26.0. The van der Waals surface area contributed by atoms with Crippen molar-refractivity contribution < 1.29 is 48.9 Å². The number of carbonyl (C=O) groups excluding carboxylic acids is 1. The van der Waals surface area contributed by atoms with Crippen LogP contribution >= 0.6 is 12.4 Å². The standard InChI is InChI=1S/C31H43NO10.ClH/c1-32-13-28(14-38-2)17(33)11-18(39-3)30-16-12-29(36)25(42-27(35)15-9-7-6-8-10-15)19(16)31(37,24(34)26(29)41-5)20(23(30)32)21(40-4)22(28)30;/h6-10,16-26,33-34,36-37H,11-14H2,1-5H3;1H/t16?,17-,18+,19?,20-,21+,22?,23?,24+,25-,26+,28+,29-,30+,31-;/m1./s1. The third-order valence-electron chi connectivity index (χ3n) is 12.6. The summed E-state index contributed by atoms with van der Waals surface area (Å²) in [6.45, 7) is 0.760. The van der Waals surface area contributed by atoms with Crippen LogP contribution in [0.2, 0.25) is 0 Å². The van der Waals surface area contributed by atoms with Gasteiger partial charge in [0, 0.05) is 76.0 Å². The van der Waals surface area contributed by atoms with Crippen LogP contribution in [0.25, 0.3) is 0 Å². The molecule has 240 valence electrons. The van der Waals surface area contributed by atoms with E-state index >= 15 is 0 Å². The third kappa shape index (κ3) is 3.44. The van der Waals surface area contributed by atoms with Gasteiger partial charge in [-0.2, -0.15) is 0 Å². The van der Waals surface area contributed by atoms with E-state index in [-0.39, 0.29) is 37.4 Å². The molecule has 7 bridgehead atoms. The number of ether oxygens (including phenoxy) is 5. The number of benzene rings is 1. The SMILES string of the molecule is COC[C@]12CN(C)C3[C@H]4[C@H](OC)C1[C@]3(C1C[C@@]3(O)[C@H](OC(=O)c5ccccc5)C1[C@]4(O)[C@@H](O)[C@@H]3OC)[C@@H](OC)C[C@H]2O.Cl. The first-order valence-corrected chi connectivity index (χ1v) is 14.9. The van der Waals surface area contributed by atoms with Crippen molar-refractivity contribution >= 4 is 18.4 Å². The molecule has 1 aliphatic heterocycles. The summed E-state index contributed by atoms with van der Waals surface area (Å²) in [6.07, 6.45) is -5.28. The predicted molar refractivity (Wildman–Crippen MR) is 154 cm³/mol. The van der Waals surface area contributed by atoms with Gasteiger partial charge in [0.25, 0.3) is 0 Å². The van der Waals surface area contributed by atoms with Crippen LogP contribution in [0.15, 0.2) is 30.3 Å². The van der Waals surface area contributed by atoms with Crippen molar-refractivity contribution in [2.45, 2.75) is 66.7 Å². The average Bonchev–Trinajstić information content (AvgIpc) is 3.37. The highest BCUT2D eigenvalue weighted by Crippen LogP contribution is 2.80. The second-order valence-corrected chi connectivity index (χ2v) is 13.7. The summed E-state index contributed by atoms with van der Waals surface area (Å²) in [7, 11) is 8.22. The van der Waals surface area contributed by atoms with Gasteiger partial charge in [-0.25, -0.2) is 4.79 Å². The molecule has 4 N–H and O–H groups in total. The zero-order valence-electron chi connectivity index (χ0n) is 25.2. The second-order valence-electron chi connectivity index (χ2n) is 13.7. The number of halogens is 1. The number of hydrogen-bond acceptors (Lipinski definition) is 11. The molecule has 1 heterocycles. The molecule has 1 spiro atoms. The van der Waals surface area contributed by atoms with E-state index in [0.29, 0.717) is 18.5 Å². The molecule has 6 fully saturated rings. The van der Waals surface area contributed by atoms with Gasteiger partial charge < -0.3 is 49.0 Å². The minimum absolute atomic E-state index is 0. The molecule has 4 unspecified atom stereocenters. The summed E-state index contributed by atoms with van der Waals surface area (Å²) >= 11 is 0. The summed E-state index contributed by atoms with van der Waals surface area (Å²) in [5, 5.41) is 49.4. The lowest BCUT2D eigenvalue weighted by Crippen LogP contribution is -2.80. The van der Waals surface area contributed by atoms with E-state index in [1.165, 1.54) is 7.11 Å². The normalized spacial score (nSPS) is 52.4. The molecular formula is C31H44ClNO10. The van der Waals surface area contributed by atoms with Gasteiger partial charge >= 0.3 is 5.97 Å². The zero-order chi connectivity index (χ0) is 30.0. The number of esters is 1. The highest BCUT2D eigenvalue weighted by molar-refractivity contribution is 5.89. The number of piperidine rings is 1. The molecule has 1 aromatic carbocycles. The Hall–Kier alpha value is -1.38. The van der Waals surface area contributed by atoms with Gasteiger partial charge in [0.15, 0.2) is 0 Å². The lowest BCUT2D eigenvalue weighted by Gasteiger charge is -2.69. The summed E-state index contributed by atoms with van der Waals surface area (Å²) < 4.78 is 30.3. The van der Waals surface area contributed by atoms with E-state index in [0.717, 1.165) is 0 Å². The van der Waals surface area contributed by atoms with Crippen LogP contribution < -0.4 is 0 Å². The van der Waals surface area contributed by atoms with Crippen molar-refractivity contribution in [3.8, 4) is 0 Å². The number of hydrogen-bond donors (Lipinski definition) is 4. The Morgan fingerprint density at radius 3 is 2.30 bits per heavy atom. The van der Waals surface area contributed by atoms with E-state index in [4.69, 9.17) is 23.7 Å². The van der Waals surface area contributed by atoms with Crippen molar-refractivity contribution in [2.75, 3.05) is 48.6 Å². The number of rotatable bonds is 7. The molecule has 1 saturated heterocycles. The van der Waals surface area contributed by atoms with Crippen molar-refractivity contribution in [2.24, 2.45) is 34.5 Å². The molecule has 0 radical (unpaired) electrons. The maximum atomic E-state index is 13.5. The van der Waals surface area contributed by atoms with Gasteiger partial charge in [-0.1, -0.05) is 18.2 Å². The number of aliphatic hydroxyl groups excluding tert-OH is 2. The van der Waals surface area contributed by atoms with Gasteiger partial charge in [0.2, 0.25) is 0 Å². The van der Waals surface area contributed by atoms with Gasteiger partial charge in [-0.3, -0.25) is 0 Å². The third-order valence-corrected chi connectivity index (χ3v) is 12.6. The molecule has 0 aromatic heterocycles. The van der Waals surface area contributed by atoms with Crippen molar-refractivity contribution in [3.63, 3.8) is 0 Å². The lowest BCUT2D eigenvalue weighted by atomic mass is 9.42. The Bertz CT molecular complexity index is 1240. The van der Waals surface area contributed by atoms with Crippen LogP contribution in [0, 0.1) is 34.5 Å². The molecule has 5 saturated carbocycles. The number of nitrogens with zero attached hydrogens (tertiary/aromatic N) is 1. The Balaban J connectivity index is 0.00000329. The summed E-state index contributed by atoms with van der Waals surface area (Å²) in [5.74, 6) is -2.96. The van der Waals surface area contributed by atoms with Crippen LogP contribution in [0.1, 0.15) is 23.2 Å². The smallest absolute Gasteiger partial charge is 0.338 e. The summed E-state index contributed by atoms with van der Waals surface area (Å²) in [6, 6.07) is 8.22. The van der Waals surface area contributed by atoms with Crippen LogP contribution in [0.4, 0.5) is 0 Å². The summed E-state index contributed by atoms with van der Waals surface area (Å²) in [4.78, 5) is 15.7. The molecule has 43 heavy (non-hydrogen) atoms. The predicted octanol–water partition coefficient (Wildman–Crippen LogP) is 0.109. The molecule has 11 nitrogen and oxygen atoms in total. The van der Waals surface area contributed by atoms with Gasteiger partial charge in [0.1, 0.15) is 29.5 Å². The van der Waals surface area contributed by atoms with Gasteiger partial charge in [-0.05, 0) is 31.5 Å². The number of likely N-dealkylation sites (tertiary alicyclic amines) is 1. The van der Waals surface area contributed by atoms with E-state index in [1.807, 2.05) is 7.05 Å². The Morgan fingerprint density at radius 1 is 1.00 bits per heavy atom. The molecule has 1 aromatic rings. The van der Waals surface area contributed by atoms with Crippen molar-refractivity contribution in [1.29, 1.82) is 0 Å². The highest BCUT2D eigenvalue weighted by Gasteiger charge is 2.91. The van der Waals surface area contributed by atoms with E-state index in [1.54, 1.807) is 51.7 Å². The van der Waals surface area contributed by atoms with E-state index in [2.05, 4.69) is 4.90 Å². The molecule has 6 aliphatic rings.